The summed E-state index contributed by atoms with van der Waals surface area (Å²) in [4.78, 5) is 17.3. The minimum absolute atomic E-state index is 0.108. The molecule has 11 heteroatoms. The highest BCUT2D eigenvalue weighted by molar-refractivity contribution is 6.66. The molecule has 3 saturated carbocycles. The Morgan fingerprint density at radius 1 is 1.17 bits per heavy atom. The number of carbonyl (C=O) groups is 1. The number of nitrogens with one attached hydrogen (secondary N) is 1. The lowest BCUT2D eigenvalue weighted by Crippen LogP contribution is -2.79. The number of carbonyl (C=O) groups excluding carboxylic acids is 1. The second kappa shape index (κ2) is 8.00. The number of fused-ring (bicyclic) bond motifs is 1. The van der Waals surface area contributed by atoms with Gasteiger partial charge in [0.1, 0.15) is 11.5 Å². The van der Waals surface area contributed by atoms with Crippen molar-refractivity contribution in [2.24, 2.45) is 0 Å². The van der Waals surface area contributed by atoms with Gasteiger partial charge in [-0.25, -0.2) is 0 Å². The van der Waals surface area contributed by atoms with E-state index in [0.717, 1.165) is 36.1 Å². The lowest BCUT2D eigenvalue weighted by molar-refractivity contribution is -0.164. The molecular weight excluding hydrogens is 515 g/mol. The maximum atomic E-state index is 12.9. The molecule has 2 bridgehead atoms. The molecule has 3 fully saturated rings. The van der Waals surface area contributed by atoms with Crippen LogP contribution in [0, 0.1) is 0 Å². The van der Waals surface area contributed by atoms with Gasteiger partial charge in [0.15, 0.2) is 6.10 Å². The quantitative estimate of drug-likeness (QED) is 0.473. The lowest BCUT2D eigenvalue weighted by Gasteiger charge is -2.70. The number of aliphatic hydroxyl groups is 1. The predicted octanol–water partition coefficient (Wildman–Crippen LogP) is 4.28. The highest BCUT2D eigenvalue weighted by Gasteiger charge is 2.70. The van der Waals surface area contributed by atoms with Crippen LogP contribution in [0.2, 0.25) is 0 Å². The largest absolute Gasteiger partial charge is 0.480 e. The molecule has 8 nitrogen and oxygen atoms in total. The van der Waals surface area contributed by atoms with E-state index in [9.17, 15) is 9.90 Å². The molecule has 7 rings (SSSR count). The fourth-order valence-electron chi connectivity index (χ4n) is 5.47. The Bertz CT molecular complexity index is 1270. The summed E-state index contributed by atoms with van der Waals surface area (Å²) in [5.74, 6) is 0.718. The molecular formula is C24H21Cl3N4O4. The van der Waals surface area contributed by atoms with E-state index in [0.29, 0.717) is 11.5 Å². The summed E-state index contributed by atoms with van der Waals surface area (Å²) in [6.07, 6.45) is 6.41. The van der Waals surface area contributed by atoms with E-state index >= 15 is 0 Å². The molecule has 3 aliphatic carbocycles. The van der Waals surface area contributed by atoms with E-state index in [4.69, 9.17) is 44.3 Å². The zero-order valence-corrected chi connectivity index (χ0v) is 20.6. The van der Waals surface area contributed by atoms with Crippen LogP contribution in [0.15, 0.2) is 55.0 Å². The van der Waals surface area contributed by atoms with Crippen LogP contribution < -0.4 is 14.8 Å². The van der Waals surface area contributed by atoms with Gasteiger partial charge >= 0.3 is 3.98 Å². The number of pyridine rings is 1. The molecule has 2 N–H and O–H groups in total. The average Bonchev–Trinajstić information content (AvgIpc) is 3.24. The van der Waals surface area contributed by atoms with Gasteiger partial charge in [0.05, 0.1) is 29.7 Å². The van der Waals surface area contributed by atoms with Gasteiger partial charge in [-0.1, -0.05) is 18.2 Å². The van der Waals surface area contributed by atoms with E-state index in [2.05, 4.69) is 15.4 Å². The summed E-state index contributed by atoms with van der Waals surface area (Å²) in [5, 5.41) is 18.1. The normalized spacial score (nSPS) is 28.7. The van der Waals surface area contributed by atoms with Crippen LogP contribution in [-0.4, -0.2) is 41.4 Å². The molecule has 4 aliphatic rings. The number of amides is 1. The highest BCUT2D eigenvalue weighted by atomic mass is 35.6. The monoisotopic (exact) mass is 534 g/mol. The third-order valence-electron chi connectivity index (χ3n) is 7.00. The summed E-state index contributed by atoms with van der Waals surface area (Å²) in [5.41, 5.74) is 1.94. The van der Waals surface area contributed by atoms with Crippen molar-refractivity contribution in [2.45, 2.75) is 52.9 Å². The van der Waals surface area contributed by atoms with Gasteiger partial charge in [-0.05, 0) is 72.3 Å². The molecule has 1 amide bonds. The number of aliphatic hydroxyl groups excluding tert-OH is 1. The van der Waals surface area contributed by atoms with Crippen molar-refractivity contribution < 1.29 is 19.4 Å². The topological polar surface area (TPSA) is 98.5 Å². The van der Waals surface area contributed by atoms with Crippen LogP contribution in [0.5, 0.6) is 11.5 Å². The molecule has 1 aromatic carbocycles. The van der Waals surface area contributed by atoms with E-state index in [-0.39, 0.29) is 23.4 Å². The van der Waals surface area contributed by atoms with E-state index in [1.165, 1.54) is 6.20 Å². The van der Waals surface area contributed by atoms with Gasteiger partial charge in [-0.2, -0.15) is 5.10 Å². The Morgan fingerprint density at radius 3 is 2.66 bits per heavy atom. The standard InChI is InChI=1S/C24H21Cl3N4O4/c25-24(26,27)35-15-5-6-17(28-9-15)14-8-29-31(10-14)23-11-22(12-23,13-23)30-21(33)20-7-18(32)16-3-1-2-4-19(16)34-20/h1-6,8-10,18,20,32H,7,11-13H2,(H,30,33)/t18-,20-,22?,23?/m1/s1. The molecule has 3 heterocycles. The molecule has 0 unspecified atom stereocenters. The van der Waals surface area contributed by atoms with Crippen LogP contribution in [0.25, 0.3) is 11.3 Å². The number of halogens is 3. The Kier molecular flexibility index (Phi) is 5.23. The number of hydrogen-bond donors (Lipinski definition) is 2. The van der Waals surface area contributed by atoms with Gasteiger partial charge < -0.3 is 19.9 Å². The minimum atomic E-state index is -1.85. The Labute approximate surface area is 216 Å². The van der Waals surface area contributed by atoms with E-state index < -0.39 is 16.2 Å². The van der Waals surface area contributed by atoms with Crippen molar-refractivity contribution in [3.8, 4) is 22.8 Å². The zero-order chi connectivity index (χ0) is 24.4. The average molecular weight is 536 g/mol. The molecule has 0 saturated heterocycles. The zero-order valence-electron chi connectivity index (χ0n) is 18.3. The molecule has 2 aromatic heterocycles. The van der Waals surface area contributed by atoms with Gasteiger partial charge in [0, 0.05) is 29.3 Å². The number of alkyl halides is 3. The third-order valence-corrected chi connectivity index (χ3v) is 7.23. The van der Waals surface area contributed by atoms with Gasteiger partial charge in [0.25, 0.3) is 5.91 Å². The van der Waals surface area contributed by atoms with E-state index in [1.807, 2.05) is 29.1 Å². The summed E-state index contributed by atoms with van der Waals surface area (Å²) in [6, 6.07) is 10.7. The lowest BCUT2D eigenvalue weighted by atomic mass is 9.44. The maximum Gasteiger partial charge on any atom is 0.338 e. The SMILES string of the molecule is O=C(NC12CC(n3cc(-c4ccc(OC(Cl)(Cl)Cl)cn4)cn3)(C1)C2)[C@H]1C[C@@H](O)c2ccccc2O1. The van der Waals surface area contributed by atoms with Gasteiger partial charge in [-0.15, -0.1) is 0 Å². The van der Waals surface area contributed by atoms with Crippen LogP contribution in [0.1, 0.15) is 37.4 Å². The molecule has 3 aromatic rings. The first kappa shape index (κ1) is 22.9. The number of para-hydroxylation sites is 1. The van der Waals surface area contributed by atoms with Crippen LogP contribution in [0.4, 0.5) is 0 Å². The van der Waals surface area contributed by atoms with Crippen molar-refractivity contribution in [1.82, 2.24) is 20.1 Å². The Morgan fingerprint density at radius 2 is 1.94 bits per heavy atom. The smallest absolute Gasteiger partial charge is 0.338 e. The predicted molar refractivity (Wildman–Crippen MR) is 130 cm³/mol. The van der Waals surface area contributed by atoms with Crippen molar-refractivity contribution in [1.29, 1.82) is 0 Å². The number of nitrogens with zero attached hydrogens (tertiary/aromatic N) is 3. The van der Waals surface area contributed by atoms with Crippen molar-refractivity contribution in [2.75, 3.05) is 0 Å². The molecule has 0 spiro atoms. The fourth-order valence-corrected chi connectivity index (χ4v) is 5.73. The van der Waals surface area contributed by atoms with Crippen molar-refractivity contribution in [3.05, 3.63) is 60.6 Å². The summed E-state index contributed by atoms with van der Waals surface area (Å²) >= 11 is 16.9. The number of benzene rings is 1. The van der Waals surface area contributed by atoms with Crippen LogP contribution in [-0.2, 0) is 10.3 Å². The summed E-state index contributed by atoms with van der Waals surface area (Å²) in [7, 11) is 0. The van der Waals surface area contributed by atoms with Crippen molar-refractivity contribution in [3.63, 3.8) is 0 Å². The van der Waals surface area contributed by atoms with Gasteiger partial charge in [-0.3, -0.25) is 14.5 Å². The Hall–Kier alpha value is -2.52. The van der Waals surface area contributed by atoms with Crippen LogP contribution in [0.3, 0.4) is 0 Å². The number of hydrogen-bond acceptors (Lipinski definition) is 6. The summed E-state index contributed by atoms with van der Waals surface area (Å²) < 4.78 is 11.1. The fraction of sp³-hybridized carbons (Fsp3) is 0.375. The first-order valence-electron chi connectivity index (χ1n) is 11.2. The number of aromatic nitrogens is 3. The molecule has 0 radical (unpaired) electrons. The number of rotatable bonds is 5. The summed E-state index contributed by atoms with van der Waals surface area (Å²) in [6.45, 7) is 0. The third kappa shape index (κ3) is 4.12. The van der Waals surface area contributed by atoms with Gasteiger partial charge in [0.2, 0.25) is 0 Å². The molecule has 1 aliphatic heterocycles. The highest BCUT2D eigenvalue weighted by Crippen LogP contribution is 2.65. The minimum Gasteiger partial charge on any atom is -0.480 e. The second-order valence-corrected chi connectivity index (χ2v) is 11.7. The molecule has 35 heavy (non-hydrogen) atoms. The first-order valence-corrected chi connectivity index (χ1v) is 12.3. The maximum absolute atomic E-state index is 12.9. The first-order chi connectivity index (χ1) is 16.6. The van der Waals surface area contributed by atoms with Crippen LogP contribution >= 0.6 is 34.8 Å². The van der Waals surface area contributed by atoms with E-state index in [1.54, 1.807) is 24.4 Å². The Balaban J connectivity index is 1.07. The molecule has 182 valence electrons. The second-order valence-electron chi connectivity index (χ2n) is 9.52. The molecule has 2 atom stereocenters. The van der Waals surface area contributed by atoms with Crippen molar-refractivity contribution >= 4 is 40.7 Å². The number of ether oxygens (including phenoxy) is 2.